The number of nitrogens with zero attached hydrogens (tertiary/aromatic N) is 3. The first kappa shape index (κ1) is 21.7. The summed E-state index contributed by atoms with van der Waals surface area (Å²) < 4.78 is 6.87. The Kier molecular flexibility index (Phi) is 6.66. The van der Waals surface area contributed by atoms with Crippen molar-refractivity contribution in [2.24, 2.45) is 0 Å². The minimum Gasteiger partial charge on any atom is -0.494 e. The number of nitrogen functional groups attached to an aromatic ring is 1. The van der Waals surface area contributed by atoms with Crippen LogP contribution in [0, 0.1) is 20.8 Å². The van der Waals surface area contributed by atoms with Gasteiger partial charge in [-0.2, -0.15) is 0 Å². The Bertz CT molecular complexity index is 1020. The molecule has 0 unspecified atom stereocenters. The normalized spacial score (nSPS) is 11.9. The number of nitrogens with two attached hydrogens (primary N) is 1. The number of aryl methyl sites for hydroxylation is 3. The Balaban J connectivity index is 1.71. The SMILES string of the molecule is CCOc1ccc(-c2nnc(S[C@H](C)C(=O)Nc3c(C)cc(C)cc3C)n2N)cc1. The van der Waals surface area contributed by atoms with Crippen LogP contribution in [0.3, 0.4) is 0 Å². The molecule has 0 spiro atoms. The lowest BCUT2D eigenvalue weighted by Crippen LogP contribution is -2.24. The van der Waals surface area contributed by atoms with Crippen molar-refractivity contribution in [3.05, 3.63) is 53.1 Å². The molecule has 30 heavy (non-hydrogen) atoms. The Hall–Kier alpha value is -3.00. The second-order valence-corrected chi connectivity index (χ2v) is 8.46. The Labute approximate surface area is 181 Å². The van der Waals surface area contributed by atoms with Crippen LogP contribution in [-0.2, 0) is 4.79 Å². The molecule has 3 aromatic rings. The average molecular weight is 426 g/mol. The molecular weight excluding hydrogens is 398 g/mol. The molecule has 0 bridgehead atoms. The largest absolute Gasteiger partial charge is 0.494 e. The first-order valence-corrected chi connectivity index (χ1v) is 10.7. The Morgan fingerprint density at radius 3 is 2.40 bits per heavy atom. The van der Waals surface area contributed by atoms with Crippen LogP contribution in [0.2, 0.25) is 0 Å². The summed E-state index contributed by atoms with van der Waals surface area (Å²) in [6, 6.07) is 11.6. The highest BCUT2D eigenvalue weighted by molar-refractivity contribution is 8.00. The third-order valence-electron chi connectivity index (χ3n) is 4.66. The molecule has 0 fully saturated rings. The fourth-order valence-corrected chi connectivity index (χ4v) is 4.01. The van der Waals surface area contributed by atoms with E-state index in [1.807, 2.05) is 58.9 Å². The van der Waals surface area contributed by atoms with Gasteiger partial charge in [-0.15, -0.1) is 10.2 Å². The van der Waals surface area contributed by atoms with Gasteiger partial charge in [0, 0.05) is 11.3 Å². The van der Waals surface area contributed by atoms with Gasteiger partial charge < -0.3 is 15.9 Å². The smallest absolute Gasteiger partial charge is 0.237 e. The van der Waals surface area contributed by atoms with Crippen LogP contribution in [0.4, 0.5) is 5.69 Å². The highest BCUT2D eigenvalue weighted by atomic mass is 32.2. The maximum atomic E-state index is 12.7. The van der Waals surface area contributed by atoms with Crippen molar-refractivity contribution in [2.75, 3.05) is 17.8 Å². The number of carbonyl (C=O) groups excluding carboxylic acids is 1. The number of nitrogens with one attached hydrogen (secondary N) is 1. The number of thioether (sulfide) groups is 1. The predicted octanol–water partition coefficient (Wildman–Crippen LogP) is 4.10. The van der Waals surface area contributed by atoms with Crippen molar-refractivity contribution in [1.82, 2.24) is 14.9 Å². The van der Waals surface area contributed by atoms with Crippen LogP contribution >= 0.6 is 11.8 Å². The molecular formula is C22H27N5O2S. The second-order valence-electron chi connectivity index (χ2n) is 7.16. The lowest BCUT2D eigenvalue weighted by atomic mass is 10.1. The van der Waals surface area contributed by atoms with Crippen LogP contribution < -0.4 is 15.9 Å². The van der Waals surface area contributed by atoms with Crippen LogP contribution in [0.1, 0.15) is 30.5 Å². The molecule has 0 saturated heterocycles. The molecule has 0 saturated carbocycles. The van der Waals surface area contributed by atoms with Gasteiger partial charge in [-0.05, 0) is 70.0 Å². The van der Waals surface area contributed by atoms with Gasteiger partial charge in [0.2, 0.25) is 11.1 Å². The van der Waals surface area contributed by atoms with Gasteiger partial charge in [-0.1, -0.05) is 29.5 Å². The number of amides is 1. The topological polar surface area (TPSA) is 95.1 Å². The molecule has 158 valence electrons. The molecule has 8 heteroatoms. The van der Waals surface area contributed by atoms with E-state index >= 15 is 0 Å². The van der Waals surface area contributed by atoms with Gasteiger partial charge in [-0.25, -0.2) is 4.68 Å². The lowest BCUT2D eigenvalue weighted by molar-refractivity contribution is -0.115. The minimum atomic E-state index is -0.398. The van der Waals surface area contributed by atoms with Gasteiger partial charge in [0.1, 0.15) is 5.75 Å². The van der Waals surface area contributed by atoms with Gasteiger partial charge in [0.05, 0.1) is 11.9 Å². The standard InChI is InChI=1S/C22H27N5O2S/c1-6-29-18-9-7-17(8-10-18)20-25-26-22(27(20)23)30-16(5)21(28)24-19-14(3)11-13(2)12-15(19)4/h7-12,16H,6,23H2,1-5H3,(H,24,28)/t16-/m1/s1. The third-order valence-corrected chi connectivity index (χ3v) is 5.72. The number of ether oxygens (including phenoxy) is 1. The van der Waals surface area contributed by atoms with Crippen molar-refractivity contribution in [3.63, 3.8) is 0 Å². The summed E-state index contributed by atoms with van der Waals surface area (Å²) in [6.45, 7) is 10.4. The van der Waals surface area contributed by atoms with Crippen molar-refractivity contribution in [2.45, 2.75) is 45.0 Å². The molecule has 1 aromatic heterocycles. The van der Waals surface area contributed by atoms with Crippen LogP contribution in [0.15, 0.2) is 41.6 Å². The van der Waals surface area contributed by atoms with E-state index in [1.165, 1.54) is 22.0 Å². The molecule has 7 nitrogen and oxygen atoms in total. The van der Waals surface area contributed by atoms with E-state index in [1.54, 1.807) is 0 Å². The van der Waals surface area contributed by atoms with E-state index in [0.717, 1.165) is 28.1 Å². The van der Waals surface area contributed by atoms with E-state index in [2.05, 4.69) is 27.6 Å². The second kappa shape index (κ2) is 9.21. The van der Waals surface area contributed by atoms with Crippen molar-refractivity contribution < 1.29 is 9.53 Å². The number of hydrogen-bond donors (Lipinski definition) is 2. The average Bonchev–Trinajstić information content (AvgIpc) is 3.05. The quantitative estimate of drug-likeness (QED) is 0.437. The fourth-order valence-electron chi connectivity index (χ4n) is 3.23. The van der Waals surface area contributed by atoms with Crippen molar-refractivity contribution >= 4 is 23.4 Å². The molecule has 1 amide bonds. The summed E-state index contributed by atoms with van der Waals surface area (Å²) in [5, 5.41) is 11.5. The molecule has 1 heterocycles. The van der Waals surface area contributed by atoms with Crippen LogP contribution in [0.5, 0.6) is 5.75 Å². The maximum Gasteiger partial charge on any atom is 0.237 e. The summed E-state index contributed by atoms with van der Waals surface area (Å²) in [6.07, 6.45) is 0. The molecule has 1 atom stereocenters. The molecule has 0 aliphatic carbocycles. The minimum absolute atomic E-state index is 0.110. The molecule has 0 aliphatic heterocycles. The summed E-state index contributed by atoms with van der Waals surface area (Å²) in [7, 11) is 0. The first-order valence-electron chi connectivity index (χ1n) is 9.79. The first-order chi connectivity index (χ1) is 14.3. The van der Waals surface area contributed by atoms with Crippen molar-refractivity contribution in [3.8, 4) is 17.1 Å². The van der Waals surface area contributed by atoms with E-state index in [0.29, 0.717) is 17.6 Å². The number of benzene rings is 2. The van der Waals surface area contributed by atoms with Crippen LogP contribution in [-0.4, -0.2) is 32.6 Å². The predicted molar refractivity (Wildman–Crippen MR) is 121 cm³/mol. The van der Waals surface area contributed by atoms with E-state index in [4.69, 9.17) is 10.6 Å². The highest BCUT2D eigenvalue weighted by Gasteiger charge is 2.21. The maximum absolute atomic E-state index is 12.7. The van der Waals surface area contributed by atoms with Crippen molar-refractivity contribution in [1.29, 1.82) is 0 Å². The zero-order valence-electron chi connectivity index (χ0n) is 17.9. The number of anilines is 1. The monoisotopic (exact) mass is 425 g/mol. The summed E-state index contributed by atoms with van der Waals surface area (Å²) >= 11 is 1.27. The number of hydrogen-bond acceptors (Lipinski definition) is 6. The van der Waals surface area contributed by atoms with Gasteiger partial charge in [0.25, 0.3) is 0 Å². The zero-order chi connectivity index (χ0) is 21.8. The van der Waals surface area contributed by atoms with Gasteiger partial charge >= 0.3 is 0 Å². The van der Waals surface area contributed by atoms with Gasteiger partial charge in [-0.3, -0.25) is 4.79 Å². The van der Waals surface area contributed by atoms with E-state index in [-0.39, 0.29) is 5.91 Å². The molecule has 3 N–H and O–H groups in total. The van der Waals surface area contributed by atoms with E-state index in [9.17, 15) is 4.79 Å². The van der Waals surface area contributed by atoms with Gasteiger partial charge in [0.15, 0.2) is 5.82 Å². The molecule has 0 aliphatic rings. The molecule has 3 rings (SSSR count). The molecule has 0 radical (unpaired) electrons. The zero-order valence-corrected chi connectivity index (χ0v) is 18.7. The summed E-state index contributed by atoms with van der Waals surface area (Å²) in [4.78, 5) is 12.7. The Morgan fingerprint density at radius 2 is 1.80 bits per heavy atom. The number of rotatable bonds is 7. The summed E-state index contributed by atoms with van der Waals surface area (Å²) in [5.41, 5.74) is 4.92. The summed E-state index contributed by atoms with van der Waals surface area (Å²) in [5.74, 6) is 7.40. The Morgan fingerprint density at radius 1 is 1.17 bits per heavy atom. The lowest BCUT2D eigenvalue weighted by Gasteiger charge is -2.16. The third kappa shape index (κ3) is 4.76. The van der Waals surface area contributed by atoms with Crippen LogP contribution in [0.25, 0.3) is 11.4 Å². The fraction of sp³-hybridized carbons (Fsp3) is 0.318. The number of aromatic nitrogens is 3. The van der Waals surface area contributed by atoms with E-state index < -0.39 is 5.25 Å². The molecule has 2 aromatic carbocycles. The number of carbonyl (C=O) groups is 1. The highest BCUT2D eigenvalue weighted by Crippen LogP contribution is 2.28.